The normalized spacial score (nSPS) is 19.1. The zero-order valence-corrected chi connectivity index (χ0v) is 20.0. The quantitative estimate of drug-likeness (QED) is 0.654. The van der Waals surface area contributed by atoms with Gasteiger partial charge in [0.2, 0.25) is 5.88 Å². The predicted octanol–water partition coefficient (Wildman–Crippen LogP) is 2.98. The van der Waals surface area contributed by atoms with E-state index in [-0.39, 0.29) is 30.6 Å². The number of likely N-dealkylation sites (N-methyl/N-ethyl adjacent to an activating group) is 1. The molecule has 1 N–H and O–H groups in total. The monoisotopic (exact) mass is 450 g/mol. The second-order valence-corrected chi connectivity index (χ2v) is 8.80. The molecule has 3 heterocycles. The summed E-state index contributed by atoms with van der Waals surface area (Å²) >= 11 is 0. The van der Waals surface area contributed by atoms with E-state index in [1.165, 1.54) is 5.56 Å². The van der Waals surface area contributed by atoms with Crippen LogP contribution in [0.25, 0.3) is 0 Å². The van der Waals surface area contributed by atoms with Crippen LogP contribution in [0.1, 0.15) is 55.1 Å². The number of carbonyl (C=O) groups excluding carboxylic acids is 1. The second kappa shape index (κ2) is 11.8. The Morgan fingerprint density at radius 1 is 1.36 bits per heavy atom. The number of hydrogen-bond acceptors (Lipinski definition) is 6. The Morgan fingerprint density at radius 2 is 2.12 bits per heavy atom. The van der Waals surface area contributed by atoms with Gasteiger partial charge in [-0.15, -0.1) is 0 Å². The van der Waals surface area contributed by atoms with Gasteiger partial charge in [0.05, 0.1) is 12.6 Å². The predicted molar refractivity (Wildman–Crippen MR) is 128 cm³/mol. The lowest BCUT2D eigenvalue weighted by atomic mass is 9.99. The zero-order chi connectivity index (χ0) is 23.8. The highest BCUT2D eigenvalue weighted by molar-refractivity contribution is 5.97. The lowest BCUT2D eigenvalue weighted by molar-refractivity contribution is 0.0325. The molecule has 1 aliphatic heterocycles. The van der Waals surface area contributed by atoms with Crippen molar-refractivity contribution in [2.24, 2.45) is 5.92 Å². The molecule has 0 saturated heterocycles. The number of ether oxygens (including phenoxy) is 1. The summed E-state index contributed by atoms with van der Waals surface area (Å²) < 4.78 is 6.35. The van der Waals surface area contributed by atoms with Crippen LogP contribution in [-0.2, 0) is 6.54 Å². The van der Waals surface area contributed by atoms with Crippen LogP contribution in [0.5, 0.6) is 5.88 Å². The first-order valence-corrected chi connectivity index (χ1v) is 11.6. The molecule has 7 nitrogen and oxygen atoms in total. The molecule has 7 heteroatoms. The van der Waals surface area contributed by atoms with Gasteiger partial charge in [0.25, 0.3) is 5.91 Å². The highest BCUT2D eigenvalue weighted by atomic mass is 16.5. The van der Waals surface area contributed by atoms with Crippen molar-refractivity contribution in [2.45, 2.75) is 52.3 Å². The first kappa shape index (κ1) is 24.7. The molecule has 0 aliphatic carbocycles. The van der Waals surface area contributed by atoms with Crippen LogP contribution < -0.4 is 4.74 Å². The Hall–Kier alpha value is -2.95. The van der Waals surface area contributed by atoms with Crippen LogP contribution in [0.15, 0.2) is 36.8 Å². The van der Waals surface area contributed by atoms with Gasteiger partial charge in [0.1, 0.15) is 11.7 Å². The van der Waals surface area contributed by atoms with Crippen molar-refractivity contribution in [3.05, 3.63) is 53.5 Å². The highest BCUT2D eigenvalue weighted by Crippen LogP contribution is 2.27. The number of fused-ring (bicyclic) bond motifs is 1. The number of nitrogens with zero attached hydrogens (tertiary/aromatic N) is 4. The van der Waals surface area contributed by atoms with Gasteiger partial charge in [-0.25, -0.2) is 4.98 Å². The number of unbranched alkanes of at least 4 members (excludes halogenated alkanes) is 1. The molecule has 0 bridgehead atoms. The number of amides is 1. The molecule has 0 unspecified atom stereocenters. The molecule has 1 aliphatic rings. The topological polar surface area (TPSA) is 78.8 Å². The maximum atomic E-state index is 13.4. The van der Waals surface area contributed by atoms with Gasteiger partial charge >= 0.3 is 0 Å². The first-order chi connectivity index (χ1) is 15.9. The van der Waals surface area contributed by atoms with E-state index in [2.05, 4.69) is 47.6 Å². The van der Waals surface area contributed by atoms with Gasteiger partial charge in [0, 0.05) is 56.1 Å². The minimum atomic E-state index is -0.309. The van der Waals surface area contributed by atoms with Crippen molar-refractivity contribution >= 4 is 5.91 Å². The average Bonchev–Trinajstić information content (AvgIpc) is 2.82. The fraction of sp³-hybridized carbons (Fsp3) is 0.500. The Morgan fingerprint density at radius 3 is 2.82 bits per heavy atom. The molecule has 33 heavy (non-hydrogen) atoms. The lowest BCUT2D eigenvalue weighted by Gasteiger charge is -2.37. The number of aliphatic hydroxyl groups excluding tert-OH is 1. The van der Waals surface area contributed by atoms with Crippen molar-refractivity contribution < 1.29 is 14.6 Å². The number of rotatable bonds is 7. The molecular formula is C26H34N4O3. The summed E-state index contributed by atoms with van der Waals surface area (Å²) in [7, 11) is 2.05. The lowest BCUT2D eigenvalue weighted by Crippen LogP contribution is -2.49. The van der Waals surface area contributed by atoms with Crippen molar-refractivity contribution in [3.8, 4) is 17.7 Å². The van der Waals surface area contributed by atoms with Crippen LogP contribution in [0.4, 0.5) is 0 Å². The van der Waals surface area contributed by atoms with E-state index in [0.717, 1.165) is 19.4 Å². The van der Waals surface area contributed by atoms with Gasteiger partial charge in [-0.1, -0.05) is 25.7 Å². The summed E-state index contributed by atoms with van der Waals surface area (Å²) in [5.41, 5.74) is 2.26. The molecule has 0 saturated carbocycles. The van der Waals surface area contributed by atoms with E-state index < -0.39 is 0 Å². The summed E-state index contributed by atoms with van der Waals surface area (Å²) in [4.78, 5) is 25.9. The number of pyridine rings is 2. The van der Waals surface area contributed by atoms with E-state index in [1.807, 2.05) is 19.1 Å². The number of aliphatic hydroxyl groups is 1. The van der Waals surface area contributed by atoms with Crippen LogP contribution >= 0.6 is 0 Å². The molecule has 0 fully saturated rings. The van der Waals surface area contributed by atoms with E-state index in [9.17, 15) is 9.90 Å². The van der Waals surface area contributed by atoms with E-state index >= 15 is 0 Å². The number of hydrogen-bond donors (Lipinski definition) is 1. The van der Waals surface area contributed by atoms with Crippen LogP contribution in [0.3, 0.4) is 0 Å². The molecular weight excluding hydrogens is 416 g/mol. The summed E-state index contributed by atoms with van der Waals surface area (Å²) in [6.45, 7) is 7.81. The fourth-order valence-corrected chi connectivity index (χ4v) is 3.85. The van der Waals surface area contributed by atoms with Crippen LogP contribution in [0.2, 0.25) is 0 Å². The molecule has 1 amide bonds. The molecule has 2 aromatic rings. The minimum absolute atomic E-state index is 0.0433. The van der Waals surface area contributed by atoms with E-state index in [1.54, 1.807) is 29.6 Å². The van der Waals surface area contributed by atoms with Crippen molar-refractivity contribution in [3.63, 3.8) is 0 Å². The van der Waals surface area contributed by atoms with Crippen molar-refractivity contribution in [1.29, 1.82) is 0 Å². The molecule has 2 aromatic heterocycles. The number of aromatic nitrogens is 2. The Labute approximate surface area is 196 Å². The molecule has 3 atom stereocenters. The van der Waals surface area contributed by atoms with E-state index in [4.69, 9.17) is 4.74 Å². The third kappa shape index (κ3) is 6.53. The van der Waals surface area contributed by atoms with Gasteiger partial charge in [-0.2, -0.15) is 0 Å². The summed E-state index contributed by atoms with van der Waals surface area (Å²) in [5.74, 6) is 6.37. The summed E-state index contributed by atoms with van der Waals surface area (Å²) in [5, 5.41) is 9.80. The Bertz CT molecular complexity index is 986. The van der Waals surface area contributed by atoms with Crippen LogP contribution in [0, 0.1) is 17.8 Å². The van der Waals surface area contributed by atoms with Crippen LogP contribution in [-0.4, -0.2) is 69.7 Å². The average molecular weight is 451 g/mol. The third-order valence-corrected chi connectivity index (χ3v) is 5.82. The maximum absolute atomic E-state index is 13.4. The van der Waals surface area contributed by atoms with Gasteiger partial charge in [-0.05, 0) is 44.2 Å². The zero-order valence-electron chi connectivity index (χ0n) is 20.0. The Balaban J connectivity index is 1.89. The minimum Gasteiger partial charge on any atom is -0.472 e. The SMILES string of the molecule is CCCC#Cc1cnc2c(c1)C(=O)N([C@@H](C)CO)C[C@H](C)[C@H](CN(C)Cc1ccncc1)O2. The van der Waals surface area contributed by atoms with Gasteiger partial charge in [0.15, 0.2) is 0 Å². The summed E-state index contributed by atoms with van der Waals surface area (Å²) in [6, 6.07) is 5.45. The molecule has 0 aromatic carbocycles. The van der Waals surface area contributed by atoms with Gasteiger partial charge < -0.3 is 14.7 Å². The largest absolute Gasteiger partial charge is 0.472 e. The third-order valence-electron chi connectivity index (χ3n) is 5.82. The molecule has 3 rings (SSSR count). The van der Waals surface area contributed by atoms with Gasteiger partial charge in [-0.3, -0.25) is 14.7 Å². The maximum Gasteiger partial charge on any atom is 0.259 e. The highest BCUT2D eigenvalue weighted by Gasteiger charge is 2.34. The standard InChI is InChI=1S/C26H34N4O3/c1-5-6-7-8-22-13-23-25(28-14-22)33-24(17-29(4)16-21-9-11-27-12-10-21)19(2)15-30(26(23)32)20(3)18-31/h9-14,19-20,24,31H,5-6,15-18H2,1-4H3/t19-,20-,24-/m0/s1. The van der Waals surface area contributed by atoms with E-state index in [0.29, 0.717) is 30.1 Å². The molecule has 176 valence electrons. The van der Waals surface area contributed by atoms with Crippen molar-refractivity contribution in [2.75, 3.05) is 26.7 Å². The fourth-order valence-electron chi connectivity index (χ4n) is 3.85. The summed E-state index contributed by atoms with van der Waals surface area (Å²) in [6.07, 6.45) is 6.83. The molecule has 0 radical (unpaired) electrons. The number of carbonyl (C=O) groups is 1. The molecule has 0 spiro atoms. The smallest absolute Gasteiger partial charge is 0.259 e. The Kier molecular flexibility index (Phi) is 8.81. The van der Waals surface area contributed by atoms with Crippen molar-refractivity contribution in [1.82, 2.24) is 19.8 Å². The first-order valence-electron chi connectivity index (χ1n) is 11.6. The second-order valence-electron chi connectivity index (χ2n) is 8.80.